The Morgan fingerprint density at radius 2 is 1.82 bits per heavy atom. The minimum Gasteiger partial charge on any atom is -0.494 e. The highest BCUT2D eigenvalue weighted by Crippen LogP contribution is 2.25. The van der Waals surface area contributed by atoms with E-state index < -0.39 is 0 Å². The zero-order chi connectivity index (χ0) is 22.9. The molecule has 0 aliphatic carbocycles. The van der Waals surface area contributed by atoms with Crippen LogP contribution in [-0.2, 0) is 6.54 Å². The second-order valence-electron chi connectivity index (χ2n) is 7.88. The van der Waals surface area contributed by atoms with Crippen molar-refractivity contribution in [2.24, 2.45) is 0 Å². The van der Waals surface area contributed by atoms with Crippen molar-refractivity contribution in [2.75, 3.05) is 6.61 Å². The summed E-state index contributed by atoms with van der Waals surface area (Å²) in [6.45, 7) is 6.78. The van der Waals surface area contributed by atoms with Gasteiger partial charge in [0.1, 0.15) is 22.7 Å². The largest absolute Gasteiger partial charge is 0.494 e. The predicted octanol–water partition coefficient (Wildman–Crippen LogP) is 4.88. The van der Waals surface area contributed by atoms with Crippen LogP contribution in [0, 0.1) is 13.8 Å². The molecule has 7 nitrogen and oxygen atoms in total. The van der Waals surface area contributed by atoms with E-state index in [1.165, 1.54) is 0 Å². The number of aryl methyl sites for hydroxylation is 2. The average Bonchev–Trinajstić information content (AvgIpc) is 3.41. The fourth-order valence-corrected chi connectivity index (χ4v) is 3.84. The molecule has 0 N–H and O–H groups in total. The molecule has 0 amide bonds. The van der Waals surface area contributed by atoms with Gasteiger partial charge in [-0.05, 0) is 62.7 Å². The number of oxazole rings is 1. The molecule has 0 bridgehead atoms. The Balaban J connectivity index is 1.46. The van der Waals surface area contributed by atoms with Gasteiger partial charge >= 0.3 is 0 Å². The highest BCUT2D eigenvalue weighted by atomic mass is 16.5. The van der Waals surface area contributed by atoms with Crippen LogP contribution in [0.15, 0.2) is 76.2 Å². The van der Waals surface area contributed by atoms with E-state index in [2.05, 4.69) is 10.1 Å². The standard InChI is InChI=1S/C26H24N4O3/c1-4-32-20-11-9-19(10-12-20)22-15-24-26(31)29(13-14-30(24)28-22)16-23-18(3)33-25(27-23)21-8-6-5-7-17(21)2/h5-15H,4,16H2,1-3H3. The quantitative estimate of drug-likeness (QED) is 0.376. The second kappa shape index (κ2) is 8.43. The van der Waals surface area contributed by atoms with Crippen molar-refractivity contribution in [3.05, 3.63) is 94.4 Å². The first-order valence-corrected chi connectivity index (χ1v) is 10.9. The molecule has 7 heteroatoms. The normalized spacial score (nSPS) is 11.2. The summed E-state index contributed by atoms with van der Waals surface area (Å²) in [6, 6.07) is 17.4. The van der Waals surface area contributed by atoms with Crippen LogP contribution in [0.25, 0.3) is 28.2 Å². The molecule has 2 aromatic carbocycles. The first-order chi connectivity index (χ1) is 16.0. The van der Waals surface area contributed by atoms with Gasteiger partial charge in [0.2, 0.25) is 5.89 Å². The van der Waals surface area contributed by atoms with Crippen molar-refractivity contribution in [3.63, 3.8) is 0 Å². The molecule has 0 radical (unpaired) electrons. The SMILES string of the molecule is CCOc1ccc(-c2cc3c(=O)n(Cc4nc(-c5ccccc5C)oc4C)ccn3n2)cc1. The van der Waals surface area contributed by atoms with Gasteiger partial charge < -0.3 is 13.7 Å². The van der Waals surface area contributed by atoms with Crippen molar-refractivity contribution in [2.45, 2.75) is 27.3 Å². The first kappa shape index (κ1) is 20.8. The third-order valence-corrected chi connectivity index (χ3v) is 5.65. The Morgan fingerprint density at radius 1 is 1.03 bits per heavy atom. The number of ether oxygens (including phenoxy) is 1. The van der Waals surface area contributed by atoms with Crippen LogP contribution in [0.4, 0.5) is 0 Å². The summed E-state index contributed by atoms with van der Waals surface area (Å²) >= 11 is 0. The van der Waals surface area contributed by atoms with E-state index in [0.29, 0.717) is 30.3 Å². The topological polar surface area (TPSA) is 74.6 Å². The van der Waals surface area contributed by atoms with Crippen molar-refractivity contribution < 1.29 is 9.15 Å². The van der Waals surface area contributed by atoms with Crippen LogP contribution in [0.1, 0.15) is 23.9 Å². The maximum absolute atomic E-state index is 13.2. The second-order valence-corrected chi connectivity index (χ2v) is 7.88. The van der Waals surface area contributed by atoms with Crippen LogP contribution in [0.3, 0.4) is 0 Å². The molecule has 33 heavy (non-hydrogen) atoms. The Morgan fingerprint density at radius 3 is 2.58 bits per heavy atom. The Kier molecular flexibility index (Phi) is 5.30. The van der Waals surface area contributed by atoms with Crippen LogP contribution in [0.5, 0.6) is 5.75 Å². The van der Waals surface area contributed by atoms with Crippen LogP contribution < -0.4 is 10.3 Å². The van der Waals surface area contributed by atoms with Crippen LogP contribution in [0.2, 0.25) is 0 Å². The summed E-state index contributed by atoms with van der Waals surface area (Å²) in [7, 11) is 0. The number of rotatable bonds is 6. The lowest BCUT2D eigenvalue weighted by molar-refractivity contribution is 0.340. The predicted molar refractivity (Wildman–Crippen MR) is 127 cm³/mol. The summed E-state index contributed by atoms with van der Waals surface area (Å²) in [4.78, 5) is 17.9. The summed E-state index contributed by atoms with van der Waals surface area (Å²) in [5.74, 6) is 2.07. The molecule has 0 spiro atoms. The van der Waals surface area contributed by atoms with Gasteiger partial charge in [-0.15, -0.1) is 0 Å². The van der Waals surface area contributed by atoms with Crippen LogP contribution in [-0.4, -0.2) is 25.8 Å². The number of hydrogen-bond donors (Lipinski definition) is 0. The van der Waals surface area contributed by atoms with Crippen molar-refractivity contribution in [1.82, 2.24) is 19.2 Å². The fraction of sp³-hybridized carbons (Fsp3) is 0.192. The van der Waals surface area contributed by atoms with Crippen molar-refractivity contribution in [3.8, 4) is 28.5 Å². The molecule has 5 rings (SSSR count). The maximum Gasteiger partial charge on any atom is 0.276 e. The molecule has 5 aromatic rings. The summed E-state index contributed by atoms with van der Waals surface area (Å²) in [6.07, 6.45) is 3.51. The number of aromatic nitrogens is 4. The number of hydrogen-bond acceptors (Lipinski definition) is 5. The van der Waals surface area contributed by atoms with E-state index in [1.54, 1.807) is 21.5 Å². The Bertz CT molecular complexity index is 1490. The summed E-state index contributed by atoms with van der Waals surface area (Å²) in [5, 5.41) is 4.57. The summed E-state index contributed by atoms with van der Waals surface area (Å²) < 4.78 is 14.7. The Hall–Kier alpha value is -4.13. The van der Waals surface area contributed by atoms with Gasteiger partial charge in [0.25, 0.3) is 5.56 Å². The third kappa shape index (κ3) is 3.93. The van der Waals surface area contributed by atoms with E-state index in [0.717, 1.165) is 33.8 Å². The molecule has 0 atom stereocenters. The van der Waals surface area contributed by atoms with Crippen molar-refractivity contribution >= 4 is 5.52 Å². The minimum atomic E-state index is -0.137. The molecule has 0 aliphatic rings. The van der Waals surface area contributed by atoms with Gasteiger partial charge in [0.15, 0.2) is 0 Å². The van der Waals surface area contributed by atoms with Gasteiger partial charge in [-0.25, -0.2) is 9.50 Å². The van der Waals surface area contributed by atoms with E-state index in [9.17, 15) is 4.79 Å². The highest BCUT2D eigenvalue weighted by Gasteiger charge is 2.15. The zero-order valence-electron chi connectivity index (χ0n) is 18.8. The molecule has 3 heterocycles. The van der Waals surface area contributed by atoms with E-state index in [-0.39, 0.29) is 5.56 Å². The molecule has 0 aliphatic heterocycles. The first-order valence-electron chi connectivity index (χ1n) is 10.9. The maximum atomic E-state index is 13.2. The van der Waals surface area contributed by atoms with E-state index in [1.807, 2.05) is 75.4 Å². The molecule has 0 saturated heterocycles. The van der Waals surface area contributed by atoms with E-state index in [4.69, 9.17) is 9.15 Å². The van der Waals surface area contributed by atoms with Gasteiger partial charge in [-0.2, -0.15) is 5.10 Å². The lowest BCUT2D eigenvalue weighted by Crippen LogP contribution is -2.22. The number of benzene rings is 2. The van der Waals surface area contributed by atoms with Gasteiger partial charge in [-0.3, -0.25) is 4.79 Å². The van der Waals surface area contributed by atoms with Crippen molar-refractivity contribution in [1.29, 1.82) is 0 Å². The number of fused-ring (bicyclic) bond motifs is 1. The fourth-order valence-electron chi connectivity index (χ4n) is 3.84. The summed E-state index contributed by atoms with van der Waals surface area (Å²) in [5.41, 5.74) is 4.78. The minimum absolute atomic E-state index is 0.137. The Labute approximate surface area is 190 Å². The lowest BCUT2D eigenvalue weighted by Gasteiger charge is -2.04. The van der Waals surface area contributed by atoms with E-state index >= 15 is 0 Å². The zero-order valence-corrected chi connectivity index (χ0v) is 18.8. The monoisotopic (exact) mass is 440 g/mol. The smallest absolute Gasteiger partial charge is 0.276 e. The molecule has 0 unspecified atom stereocenters. The molecule has 0 saturated carbocycles. The molecular weight excluding hydrogens is 416 g/mol. The third-order valence-electron chi connectivity index (χ3n) is 5.65. The van der Waals surface area contributed by atoms with Gasteiger partial charge in [0.05, 0.1) is 18.8 Å². The molecule has 3 aromatic heterocycles. The lowest BCUT2D eigenvalue weighted by atomic mass is 10.1. The number of nitrogens with zero attached hydrogens (tertiary/aromatic N) is 4. The molecule has 0 fully saturated rings. The van der Waals surface area contributed by atoms with Gasteiger partial charge in [-0.1, -0.05) is 18.2 Å². The molecular formula is C26H24N4O3. The van der Waals surface area contributed by atoms with Crippen LogP contribution >= 0.6 is 0 Å². The highest BCUT2D eigenvalue weighted by molar-refractivity contribution is 5.66. The van der Waals surface area contributed by atoms with Gasteiger partial charge in [0, 0.05) is 23.5 Å². The average molecular weight is 441 g/mol. The molecule has 166 valence electrons.